The topological polar surface area (TPSA) is 118 Å². The van der Waals surface area contributed by atoms with Gasteiger partial charge >= 0.3 is 0 Å². The van der Waals surface area contributed by atoms with Crippen molar-refractivity contribution in [3.8, 4) is 0 Å². The fraction of sp³-hybridized carbons (Fsp3) is 0. The number of hydrogen-bond donors (Lipinski definition) is 4. The first-order valence-corrected chi connectivity index (χ1v) is 7.72. The molecule has 3 rings (SSSR count). The molecule has 0 fully saturated rings. The van der Waals surface area contributed by atoms with Crippen molar-refractivity contribution in [1.29, 1.82) is 0 Å². The summed E-state index contributed by atoms with van der Waals surface area (Å²) in [5.41, 5.74) is 12.0. The first-order valence-electron chi connectivity index (χ1n) is 7.34. The predicted octanol–water partition coefficient (Wildman–Crippen LogP) is 2.75. The van der Waals surface area contributed by atoms with Crippen LogP contribution in [0.15, 0.2) is 48.9 Å². The zero-order chi connectivity index (χ0) is 18.5. The summed E-state index contributed by atoms with van der Waals surface area (Å²) in [6.45, 7) is 0. The van der Waals surface area contributed by atoms with Crippen LogP contribution in [0, 0.1) is 5.82 Å². The highest BCUT2D eigenvalue weighted by molar-refractivity contribution is 6.32. The lowest BCUT2D eigenvalue weighted by molar-refractivity contribution is 0.0962. The molecule has 0 bridgehead atoms. The minimum absolute atomic E-state index is 0.159. The van der Waals surface area contributed by atoms with Gasteiger partial charge in [0.1, 0.15) is 17.8 Å². The summed E-state index contributed by atoms with van der Waals surface area (Å²) in [7, 11) is 0. The van der Waals surface area contributed by atoms with Crippen molar-refractivity contribution in [2.45, 2.75) is 0 Å². The average Bonchev–Trinajstić information content (AvgIpc) is 2.64. The largest absolute Gasteiger partial charge is 0.393 e. The van der Waals surface area contributed by atoms with Gasteiger partial charge in [0.15, 0.2) is 16.8 Å². The first kappa shape index (κ1) is 17.4. The van der Waals surface area contributed by atoms with Crippen LogP contribution in [-0.4, -0.2) is 20.9 Å². The standard InChI is InChI=1S/C16H13ClFN7O/c17-13-11(2-1-7-20-13)23-14-12(19)15(22-8-21-14)24-25-16(26)9-3-5-10(18)6-4-9/h1-8H,19H2,(H,25,26)(H2,21,22,23,24). The quantitative estimate of drug-likeness (QED) is 0.401. The van der Waals surface area contributed by atoms with E-state index in [1.54, 1.807) is 18.3 Å². The molecule has 2 aromatic heterocycles. The minimum Gasteiger partial charge on any atom is -0.393 e. The Labute approximate surface area is 152 Å². The molecule has 132 valence electrons. The Hall–Kier alpha value is -3.46. The Kier molecular flexibility index (Phi) is 5.09. The van der Waals surface area contributed by atoms with Gasteiger partial charge in [0.2, 0.25) is 0 Å². The summed E-state index contributed by atoms with van der Waals surface area (Å²) < 4.78 is 12.9. The van der Waals surface area contributed by atoms with Crippen LogP contribution >= 0.6 is 11.6 Å². The van der Waals surface area contributed by atoms with Crippen LogP contribution in [-0.2, 0) is 0 Å². The second-order valence-corrected chi connectivity index (χ2v) is 5.40. The number of hydrogen-bond acceptors (Lipinski definition) is 7. The summed E-state index contributed by atoms with van der Waals surface area (Å²) >= 11 is 5.99. The van der Waals surface area contributed by atoms with Gasteiger partial charge in [-0.3, -0.25) is 15.6 Å². The molecule has 0 aliphatic rings. The fourth-order valence-electron chi connectivity index (χ4n) is 1.99. The van der Waals surface area contributed by atoms with Gasteiger partial charge in [0.25, 0.3) is 5.91 Å². The van der Waals surface area contributed by atoms with E-state index in [0.29, 0.717) is 5.69 Å². The van der Waals surface area contributed by atoms with Crippen LogP contribution in [0.3, 0.4) is 0 Å². The van der Waals surface area contributed by atoms with Crippen LogP contribution in [0.25, 0.3) is 0 Å². The number of rotatable bonds is 5. The molecule has 0 atom stereocenters. The molecule has 26 heavy (non-hydrogen) atoms. The Bertz CT molecular complexity index is 936. The van der Waals surface area contributed by atoms with E-state index >= 15 is 0 Å². The molecule has 2 heterocycles. The van der Waals surface area contributed by atoms with Crippen LogP contribution in [0.1, 0.15) is 10.4 Å². The molecule has 3 aromatic rings. The van der Waals surface area contributed by atoms with Crippen molar-refractivity contribution in [2.75, 3.05) is 16.5 Å². The molecule has 0 aliphatic heterocycles. The number of nitrogens with two attached hydrogens (primary N) is 1. The Morgan fingerprint density at radius 1 is 1.08 bits per heavy atom. The van der Waals surface area contributed by atoms with Crippen molar-refractivity contribution < 1.29 is 9.18 Å². The average molecular weight is 374 g/mol. The SMILES string of the molecule is Nc1c(NNC(=O)c2ccc(F)cc2)ncnc1Nc1cccnc1Cl. The summed E-state index contributed by atoms with van der Waals surface area (Å²) in [4.78, 5) is 24.0. The molecule has 10 heteroatoms. The van der Waals surface area contributed by atoms with Crippen LogP contribution in [0.2, 0.25) is 5.15 Å². The lowest BCUT2D eigenvalue weighted by atomic mass is 10.2. The number of amides is 1. The third-order valence-electron chi connectivity index (χ3n) is 3.30. The fourth-order valence-corrected chi connectivity index (χ4v) is 2.16. The van der Waals surface area contributed by atoms with E-state index in [-0.39, 0.29) is 28.0 Å². The number of hydrazine groups is 1. The molecule has 1 aromatic carbocycles. The number of anilines is 4. The van der Waals surface area contributed by atoms with Crippen molar-refractivity contribution in [1.82, 2.24) is 20.4 Å². The second-order valence-electron chi connectivity index (χ2n) is 5.04. The van der Waals surface area contributed by atoms with E-state index in [4.69, 9.17) is 17.3 Å². The van der Waals surface area contributed by atoms with Gasteiger partial charge in [-0.1, -0.05) is 11.6 Å². The maximum atomic E-state index is 12.9. The highest BCUT2D eigenvalue weighted by Gasteiger charge is 2.11. The van der Waals surface area contributed by atoms with Gasteiger partial charge in [-0.25, -0.2) is 19.3 Å². The smallest absolute Gasteiger partial charge is 0.269 e. The van der Waals surface area contributed by atoms with E-state index in [1.165, 1.54) is 30.6 Å². The van der Waals surface area contributed by atoms with Crippen LogP contribution in [0.5, 0.6) is 0 Å². The summed E-state index contributed by atoms with van der Waals surface area (Å²) in [6.07, 6.45) is 2.81. The minimum atomic E-state index is -0.479. The highest BCUT2D eigenvalue weighted by Crippen LogP contribution is 2.27. The van der Waals surface area contributed by atoms with Crippen molar-refractivity contribution >= 4 is 40.5 Å². The predicted molar refractivity (Wildman–Crippen MR) is 96.5 cm³/mol. The van der Waals surface area contributed by atoms with Crippen molar-refractivity contribution in [3.63, 3.8) is 0 Å². The molecular formula is C16H13ClFN7O. The molecule has 8 nitrogen and oxygen atoms in total. The number of pyridine rings is 1. The monoisotopic (exact) mass is 373 g/mol. The molecule has 0 aliphatic carbocycles. The molecular weight excluding hydrogens is 361 g/mol. The van der Waals surface area contributed by atoms with E-state index in [0.717, 1.165) is 0 Å². The molecule has 0 spiro atoms. The van der Waals surface area contributed by atoms with Gasteiger partial charge in [-0.15, -0.1) is 0 Å². The van der Waals surface area contributed by atoms with Gasteiger partial charge < -0.3 is 11.1 Å². The lowest BCUT2D eigenvalue weighted by Gasteiger charge is -2.13. The lowest BCUT2D eigenvalue weighted by Crippen LogP contribution is -2.30. The molecule has 0 unspecified atom stereocenters. The number of nitrogen functional groups attached to an aromatic ring is 1. The van der Waals surface area contributed by atoms with Gasteiger partial charge in [0, 0.05) is 11.8 Å². The molecule has 1 amide bonds. The summed E-state index contributed by atoms with van der Waals surface area (Å²) in [6, 6.07) is 8.50. The van der Waals surface area contributed by atoms with Gasteiger partial charge in [-0.05, 0) is 36.4 Å². The number of benzene rings is 1. The van der Waals surface area contributed by atoms with Gasteiger partial charge in [-0.2, -0.15) is 0 Å². The number of halogens is 2. The molecule has 0 saturated carbocycles. The van der Waals surface area contributed by atoms with Crippen LogP contribution < -0.4 is 21.9 Å². The Morgan fingerprint density at radius 3 is 2.54 bits per heavy atom. The molecule has 0 saturated heterocycles. The first-order chi connectivity index (χ1) is 12.5. The zero-order valence-corrected chi connectivity index (χ0v) is 14.0. The van der Waals surface area contributed by atoms with E-state index in [1.807, 2.05) is 0 Å². The van der Waals surface area contributed by atoms with Crippen molar-refractivity contribution in [2.24, 2.45) is 0 Å². The number of aromatic nitrogens is 3. The van der Waals surface area contributed by atoms with Crippen molar-refractivity contribution in [3.05, 3.63) is 65.5 Å². The number of carbonyl (C=O) groups excluding carboxylic acids is 1. The third kappa shape index (κ3) is 3.95. The number of carbonyl (C=O) groups is 1. The number of nitrogens with zero attached hydrogens (tertiary/aromatic N) is 3. The van der Waals surface area contributed by atoms with Crippen LogP contribution in [0.4, 0.5) is 27.4 Å². The summed E-state index contributed by atoms with van der Waals surface area (Å²) in [5, 5.41) is 3.20. The maximum absolute atomic E-state index is 12.9. The molecule has 0 radical (unpaired) electrons. The number of nitrogens with one attached hydrogen (secondary N) is 3. The molecule has 5 N–H and O–H groups in total. The zero-order valence-electron chi connectivity index (χ0n) is 13.2. The second kappa shape index (κ2) is 7.62. The van der Waals surface area contributed by atoms with E-state index in [9.17, 15) is 9.18 Å². The van der Waals surface area contributed by atoms with E-state index < -0.39 is 11.7 Å². The highest BCUT2D eigenvalue weighted by atomic mass is 35.5. The van der Waals surface area contributed by atoms with Gasteiger partial charge in [0.05, 0.1) is 5.69 Å². The maximum Gasteiger partial charge on any atom is 0.269 e. The summed E-state index contributed by atoms with van der Waals surface area (Å²) in [5.74, 6) is -0.446. The Balaban J connectivity index is 1.72. The third-order valence-corrected chi connectivity index (χ3v) is 3.60. The Morgan fingerprint density at radius 2 is 1.81 bits per heavy atom. The van der Waals surface area contributed by atoms with E-state index in [2.05, 4.69) is 31.1 Å². The normalized spacial score (nSPS) is 10.2.